The van der Waals surface area contributed by atoms with Gasteiger partial charge in [-0.1, -0.05) is 0 Å². The normalized spacial score (nSPS) is 13.4. The predicted molar refractivity (Wildman–Crippen MR) is 45.1 cm³/mol. The summed E-state index contributed by atoms with van der Waals surface area (Å²) in [6.45, 7) is 1.57. The summed E-state index contributed by atoms with van der Waals surface area (Å²) in [6.07, 6.45) is 1.86. The first-order valence-corrected chi connectivity index (χ1v) is 3.79. The summed E-state index contributed by atoms with van der Waals surface area (Å²) in [6, 6.07) is 0. The molecule has 2 rings (SSSR count). The van der Waals surface area contributed by atoms with Crippen LogP contribution in [0.4, 0.5) is 0 Å². The molecule has 0 aromatic carbocycles. The van der Waals surface area contributed by atoms with Gasteiger partial charge in [-0.3, -0.25) is 4.79 Å². The summed E-state index contributed by atoms with van der Waals surface area (Å²) < 4.78 is 1.32. The molecule has 1 unspecified atom stereocenters. The van der Waals surface area contributed by atoms with Crippen LogP contribution in [0.15, 0.2) is 17.2 Å². The molecule has 13 heavy (non-hydrogen) atoms. The summed E-state index contributed by atoms with van der Waals surface area (Å²) in [5.74, 6) is 0. The zero-order chi connectivity index (χ0) is 9.42. The highest BCUT2D eigenvalue weighted by molar-refractivity contribution is 5.68. The smallest absolute Gasteiger partial charge is 0.267 e. The van der Waals surface area contributed by atoms with E-state index < -0.39 is 6.23 Å². The summed E-state index contributed by atoms with van der Waals surface area (Å²) in [4.78, 5) is 17.3. The molecule has 2 aromatic rings. The molecular formula is C7H8N4O2. The van der Waals surface area contributed by atoms with E-state index in [0.717, 1.165) is 6.20 Å². The standard InChI is InChI=1S/C7H8N4O2/c1-4(12)11-7-5(2-9-11)10-6(13)3-8-7/h2-4,12H,1H3,(H,10,13). The number of aliphatic hydroxyl groups excluding tert-OH is 1. The number of hydrogen-bond acceptors (Lipinski definition) is 4. The second-order valence-electron chi connectivity index (χ2n) is 2.71. The van der Waals surface area contributed by atoms with E-state index in [1.54, 1.807) is 6.92 Å². The zero-order valence-corrected chi connectivity index (χ0v) is 6.93. The summed E-state index contributed by atoms with van der Waals surface area (Å²) in [5, 5.41) is 13.1. The van der Waals surface area contributed by atoms with Gasteiger partial charge in [0.2, 0.25) is 0 Å². The largest absolute Gasteiger partial charge is 0.372 e. The number of nitrogens with zero attached hydrogens (tertiary/aromatic N) is 3. The van der Waals surface area contributed by atoms with Crippen LogP contribution in [-0.2, 0) is 0 Å². The van der Waals surface area contributed by atoms with Crippen molar-refractivity contribution in [2.24, 2.45) is 0 Å². The number of hydrogen-bond donors (Lipinski definition) is 2. The Morgan fingerprint density at radius 1 is 1.62 bits per heavy atom. The van der Waals surface area contributed by atoms with Crippen LogP contribution in [0.25, 0.3) is 11.2 Å². The topological polar surface area (TPSA) is 83.8 Å². The van der Waals surface area contributed by atoms with Gasteiger partial charge in [-0.25, -0.2) is 9.67 Å². The van der Waals surface area contributed by atoms with Gasteiger partial charge in [-0.05, 0) is 6.92 Å². The Bertz CT molecular complexity index is 484. The number of nitrogens with one attached hydrogen (secondary N) is 1. The fourth-order valence-electron chi connectivity index (χ4n) is 1.13. The van der Waals surface area contributed by atoms with E-state index in [4.69, 9.17) is 0 Å². The average molecular weight is 180 g/mol. The summed E-state index contributed by atoms with van der Waals surface area (Å²) >= 11 is 0. The van der Waals surface area contributed by atoms with Crippen LogP contribution < -0.4 is 5.56 Å². The van der Waals surface area contributed by atoms with Gasteiger partial charge in [0.25, 0.3) is 5.56 Å². The Hall–Kier alpha value is -1.69. The third-order valence-corrected chi connectivity index (χ3v) is 1.69. The number of fused-ring (bicyclic) bond motifs is 1. The van der Waals surface area contributed by atoms with Crippen LogP contribution in [0.5, 0.6) is 0 Å². The Morgan fingerprint density at radius 2 is 2.38 bits per heavy atom. The molecule has 0 amide bonds. The molecule has 6 heteroatoms. The van der Waals surface area contributed by atoms with Crippen LogP contribution in [0, 0.1) is 0 Å². The molecular weight excluding hydrogens is 172 g/mol. The number of rotatable bonds is 1. The summed E-state index contributed by atoms with van der Waals surface area (Å²) in [5.41, 5.74) is 0.709. The van der Waals surface area contributed by atoms with Gasteiger partial charge in [0.1, 0.15) is 11.7 Å². The van der Waals surface area contributed by atoms with Crippen molar-refractivity contribution in [3.05, 3.63) is 22.7 Å². The van der Waals surface area contributed by atoms with Gasteiger partial charge in [-0.2, -0.15) is 5.10 Å². The maximum absolute atomic E-state index is 10.8. The third kappa shape index (κ3) is 1.20. The second kappa shape index (κ2) is 2.67. The molecule has 0 saturated heterocycles. The average Bonchev–Trinajstić information content (AvgIpc) is 2.46. The molecule has 0 saturated carbocycles. The Kier molecular flexibility index (Phi) is 1.63. The van der Waals surface area contributed by atoms with Crippen LogP contribution in [0.2, 0.25) is 0 Å². The molecule has 1 atom stereocenters. The molecule has 0 aliphatic rings. The second-order valence-corrected chi connectivity index (χ2v) is 2.71. The lowest BCUT2D eigenvalue weighted by molar-refractivity contribution is 0.115. The third-order valence-electron chi connectivity index (χ3n) is 1.69. The molecule has 0 radical (unpaired) electrons. The molecule has 0 aliphatic carbocycles. The molecule has 0 aliphatic heterocycles. The van der Waals surface area contributed by atoms with Gasteiger partial charge < -0.3 is 10.1 Å². The Balaban J connectivity index is 2.76. The van der Waals surface area contributed by atoms with Crippen LogP contribution in [-0.4, -0.2) is 24.9 Å². The van der Waals surface area contributed by atoms with E-state index >= 15 is 0 Å². The van der Waals surface area contributed by atoms with Gasteiger partial charge in [0.05, 0.1) is 12.4 Å². The number of aromatic amines is 1. The van der Waals surface area contributed by atoms with Crippen molar-refractivity contribution < 1.29 is 5.11 Å². The highest BCUT2D eigenvalue weighted by Gasteiger charge is 2.07. The molecule has 0 fully saturated rings. The van der Waals surface area contributed by atoms with E-state index in [2.05, 4.69) is 15.1 Å². The summed E-state index contributed by atoms with van der Waals surface area (Å²) in [7, 11) is 0. The maximum atomic E-state index is 10.8. The van der Waals surface area contributed by atoms with Crippen molar-refractivity contribution in [1.82, 2.24) is 19.7 Å². The van der Waals surface area contributed by atoms with Gasteiger partial charge in [0.15, 0.2) is 5.65 Å². The maximum Gasteiger partial charge on any atom is 0.267 e. The minimum atomic E-state index is -0.754. The van der Waals surface area contributed by atoms with Gasteiger partial charge in [-0.15, -0.1) is 0 Å². The van der Waals surface area contributed by atoms with Crippen molar-refractivity contribution in [2.45, 2.75) is 13.2 Å². The molecule has 2 heterocycles. The van der Waals surface area contributed by atoms with E-state index in [0.29, 0.717) is 11.2 Å². The van der Waals surface area contributed by atoms with Crippen molar-refractivity contribution in [3.8, 4) is 0 Å². The number of aromatic nitrogens is 4. The first-order valence-electron chi connectivity index (χ1n) is 3.79. The predicted octanol–water partition coefficient (Wildman–Crippen LogP) is -0.370. The van der Waals surface area contributed by atoms with Crippen molar-refractivity contribution >= 4 is 11.2 Å². The molecule has 6 nitrogen and oxygen atoms in total. The fraction of sp³-hybridized carbons (Fsp3) is 0.286. The fourth-order valence-corrected chi connectivity index (χ4v) is 1.13. The van der Waals surface area contributed by atoms with E-state index in [9.17, 15) is 9.90 Å². The molecule has 0 bridgehead atoms. The molecule has 2 N–H and O–H groups in total. The minimum absolute atomic E-state index is 0.280. The van der Waals surface area contributed by atoms with Crippen LogP contribution in [0.1, 0.15) is 13.2 Å². The van der Waals surface area contributed by atoms with E-state index in [1.165, 1.54) is 10.9 Å². The lowest BCUT2D eigenvalue weighted by atomic mass is 10.5. The lowest BCUT2D eigenvalue weighted by Gasteiger charge is -2.03. The monoisotopic (exact) mass is 180 g/mol. The SMILES string of the molecule is CC(O)n1ncc2[nH]c(=O)cnc21. The number of aliphatic hydroxyl groups is 1. The molecule has 0 spiro atoms. The van der Waals surface area contributed by atoms with E-state index in [-0.39, 0.29) is 5.56 Å². The highest BCUT2D eigenvalue weighted by atomic mass is 16.3. The lowest BCUT2D eigenvalue weighted by Crippen LogP contribution is -2.09. The van der Waals surface area contributed by atoms with Crippen molar-refractivity contribution in [2.75, 3.05) is 0 Å². The van der Waals surface area contributed by atoms with Gasteiger partial charge in [0, 0.05) is 0 Å². The Morgan fingerprint density at radius 3 is 3.08 bits per heavy atom. The van der Waals surface area contributed by atoms with Crippen molar-refractivity contribution in [3.63, 3.8) is 0 Å². The first-order chi connectivity index (χ1) is 6.18. The van der Waals surface area contributed by atoms with Crippen LogP contribution >= 0.6 is 0 Å². The zero-order valence-electron chi connectivity index (χ0n) is 6.93. The van der Waals surface area contributed by atoms with Crippen molar-refractivity contribution in [1.29, 1.82) is 0 Å². The van der Waals surface area contributed by atoms with Crippen LogP contribution in [0.3, 0.4) is 0 Å². The van der Waals surface area contributed by atoms with Gasteiger partial charge >= 0.3 is 0 Å². The number of H-pyrrole nitrogens is 1. The van der Waals surface area contributed by atoms with E-state index in [1.807, 2.05) is 0 Å². The first kappa shape index (κ1) is 7.93. The molecule has 68 valence electrons. The molecule has 2 aromatic heterocycles. The highest BCUT2D eigenvalue weighted by Crippen LogP contribution is 2.09. The minimum Gasteiger partial charge on any atom is -0.372 e. The quantitative estimate of drug-likeness (QED) is 0.627. The Labute approximate surface area is 72.8 Å².